The topological polar surface area (TPSA) is 26.0 Å². The standard InChI is InChI=1S/C8H13NO/c1-5(2)8-6(3)10-7(4)9-8/h5H,1-4H3. The first-order chi connectivity index (χ1) is 4.61. The van der Waals surface area contributed by atoms with Gasteiger partial charge in [0.2, 0.25) is 0 Å². The van der Waals surface area contributed by atoms with Crippen molar-refractivity contribution in [2.45, 2.75) is 33.6 Å². The molecule has 0 saturated heterocycles. The van der Waals surface area contributed by atoms with Crippen molar-refractivity contribution < 1.29 is 4.42 Å². The molecule has 0 amide bonds. The van der Waals surface area contributed by atoms with Crippen LogP contribution in [0.3, 0.4) is 0 Å². The third-order valence-corrected chi connectivity index (χ3v) is 1.49. The zero-order chi connectivity index (χ0) is 7.72. The highest BCUT2D eigenvalue weighted by Crippen LogP contribution is 2.17. The van der Waals surface area contributed by atoms with E-state index in [-0.39, 0.29) is 0 Å². The minimum absolute atomic E-state index is 0.470. The van der Waals surface area contributed by atoms with E-state index in [4.69, 9.17) is 4.42 Å². The van der Waals surface area contributed by atoms with Gasteiger partial charge in [-0.15, -0.1) is 0 Å². The maximum atomic E-state index is 5.26. The Labute approximate surface area is 61.3 Å². The molecule has 0 bridgehead atoms. The van der Waals surface area contributed by atoms with Crippen LogP contribution in [0.15, 0.2) is 4.42 Å². The Morgan fingerprint density at radius 2 is 1.90 bits per heavy atom. The largest absolute Gasteiger partial charge is 0.446 e. The third kappa shape index (κ3) is 1.20. The molecule has 2 nitrogen and oxygen atoms in total. The normalized spacial score (nSPS) is 10.9. The summed E-state index contributed by atoms with van der Waals surface area (Å²) in [5, 5.41) is 0. The molecule has 10 heavy (non-hydrogen) atoms. The predicted octanol–water partition coefficient (Wildman–Crippen LogP) is 2.41. The van der Waals surface area contributed by atoms with Gasteiger partial charge in [0.25, 0.3) is 0 Å². The van der Waals surface area contributed by atoms with Gasteiger partial charge in [-0.3, -0.25) is 0 Å². The van der Waals surface area contributed by atoms with Crippen LogP contribution >= 0.6 is 0 Å². The van der Waals surface area contributed by atoms with Gasteiger partial charge >= 0.3 is 0 Å². The summed E-state index contributed by atoms with van der Waals surface area (Å²) in [4.78, 5) is 4.24. The fourth-order valence-electron chi connectivity index (χ4n) is 1.08. The average molecular weight is 139 g/mol. The van der Waals surface area contributed by atoms with Gasteiger partial charge in [-0.2, -0.15) is 0 Å². The molecule has 0 fully saturated rings. The maximum absolute atomic E-state index is 5.26. The molecule has 56 valence electrons. The van der Waals surface area contributed by atoms with E-state index in [2.05, 4.69) is 18.8 Å². The highest BCUT2D eigenvalue weighted by atomic mass is 16.4. The zero-order valence-corrected chi connectivity index (χ0v) is 6.93. The Hall–Kier alpha value is -0.790. The van der Waals surface area contributed by atoms with Crippen LogP contribution in [0.5, 0.6) is 0 Å². The summed E-state index contributed by atoms with van der Waals surface area (Å²) in [6, 6.07) is 0. The van der Waals surface area contributed by atoms with Gasteiger partial charge in [0, 0.05) is 6.92 Å². The second-order valence-electron chi connectivity index (χ2n) is 2.83. The summed E-state index contributed by atoms with van der Waals surface area (Å²) < 4.78 is 5.26. The van der Waals surface area contributed by atoms with Crippen LogP contribution in [-0.2, 0) is 0 Å². The summed E-state index contributed by atoms with van der Waals surface area (Å²) in [7, 11) is 0. The molecule has 1 aromatic heterocycles. The Morgan fingerprint density at radius 1 is 1.30 bits per heavy atom. The van der Waals surface area contributed by atoms with Crippen molar-refractivity contribution in [2.75, 3.05) is 0 Å². The molecule has 1 rings (SSSR count). The molecule has 0 aliphatic rings. The van der Waals surface area contributed by atoms with Crippen molar-refractivity contribution in [1.82, 2.24) is 4.98 Å². The van der Waals surface area contributed by atoms with Gasteiger partial charge in [-0.25, -0.2) is 4.98 Å². The van der Waals surface area contributed by atoms with E-state index in [1.165, 1.54) is 0 Å². The molecule has 0 aromatic carbocycles. The first-order valence-corrected chi connectivity index (χ1v) is 3.55. The van der Waals surface area contributed by atoms with E-state index < -0.39 is 0 Å². The Bertz CT molecular complexity index is 225. The number of hydrogen-bond acceptors (Lipinski definition) is 2. The molecule has 2 heteroatoms. The van der Waals surface area contributed by atoms with Crippen molar-refractivity contribution in [3.63, 3.8) is 0 Å². The summed E-state index contributed by atoms with van der Waals surface area (Å²) in [6.07, 6.45) is 0. The molecule has 1 heterocycles. The van der Waals surface area contributed by atoms with E-state index in [1.54, 1.807) is 0 Å². The van der Waals surface area contributed by atoms with Crippen LogP contribution in [-0.4, -0.2) is 4.98 Å². The van der Waals surface area contributed by atoms with E-state index in [0.29, 0.717) is 5.92 Å². The number of hydrogen-bond donors (Lipinski definition) is 0. The lowest BCUT2D eigenvalue weighted by Crippen LogP contribution is -1.89. The molecule has 0 N–H and O–H groups in total. The van der Waals surface area contributed by atoms with Crippen LogP contribution in [0.4, 0.5) is 0 Å². The molecule has 0 aliphatic carbocycles. The van der Waals surface area contributed by atoms with E-state index >= 15 is 0 Å². The molecular weight excluding hydrogens is 126 g/mol. The lowest BCUT2D eigenvalue weighted by atomic mass is 10.1. The maximum Gasteiger partial charge on any atom is 0.191 e. The predicted molar refractivity (Wildman–Crippen MR) is 40.1 cm³/mol. The van der Waals surface area contributed by atoms with Crippen LogP contribution in [0.1, 0.15) is 37.1 Å². The molecule has 0 spiro atoms. The lowest BCUT2D eigenvalue weighted by Gasteiger charge is -1.97. The lowest BCUT2D eigenvalue weighted by molar-refractivity contribution is 0.492. The van der Waals surface area contributed by atoms with Crippen LogP contribution in [0.25, 0.3) is 0 Å². The van der Waals surface area contributed by atoms with E-state index in [0.717, 1.165) is 17.3 Å². The highest BCUT2D eigenvalue weighted by Gasteiger charge is 2.08. The Morgan fingerprint density at radius 3 is 2.10 bits per heavy atom. The molecule has 0 radical (unpaired) electrons. The molecule has 1 aromatic rings. The minimum atomic E-state index is 0.470. The SMILES string of the molecule is Cc1nc(C(C)C)c(C)o1. The molecule has 0 atom stereocenters. The summed E-state index contributed by atoms with van der Waals surface area (Å²) >= 11 is 0. The number of oxazole rings is 1. The minimum Gasteiger partial charge on any atom is -0.446 e. The fourth-order valence-corrected chi connectivity index (χ4v) is 1.08. The van der Waals surface area contributed by atoms with Crippen molar-refractivity contribution in [3.8, 4) is 0 Å². The van der Waals surface area contributed by atoms with Gasteiger partial charge in [0.05, 0.1) is 5.69 Å². The van der Waals surface area contributed by atoms with Gasteiger partial charge in [-0.05, 0) is 12.8 Å². The Balaban J connectivity index is 3.03. The first-order valence-electron chi connectivity index (χ1n) is 3.55. The summed E-state index contributed by atoms with van der Waals surface area (Å²) in [5.74, 6) is 2.19. The molecular formula is C8H13NO. The average Bonchev–Trinajstić information content (AvgIpc) is 2.10. The van der Waals surface area contributed by atoms with Crippen molar-refractivity contribution in [1.29, 1.82) is 0 Å². The van der Waals surface area contributed by atoms with E-state index in [9.17, 15) is 0 Å². The first kappa shape index (κ1) is 7.32. The Kier molecular flexibility index (Phi) is 1.79. The molecule has 0 saturated carbocycles. The quantitative estimate of drug-likeness (QED) is 0.597. The van der Waals surface area contributed by atoms with Crippen LogP contribution < -0.4 is 0 Å². The van der Waals surface area contributed by atoms with Gasteiger partial charge in [0.15, 0.2) is 5.89 Å². The second kappa shape index (κ2) is 2.45. The monoisotopic (exact) mass is 139 g/mol. The molecule has 0 aliphatic heterocycles. The van der Waals surface area contributed by atoms with Gasteiger partial charge < -0.3 is 4.42 Å². The highest BCUT2D eigenvalue weighted by molar-refractivity contribution is 5.11. The number of aryl methyl sites for hydroxylation is 2. The van der Waals surface area contributed by atoms with E-state index in [1.807, 2.05) is 13.8 Å². The summed E-state index contributed by atoms with van der Waals surface area (Å²) in [5.41, 5.74) is 1.08. The van der Waals surface area contributed by atoms with Crippen molar-refractivity contribution in [3.05, 3.63) is 17.3 Å². The van der Waals surface area contributed by atoms with Gasteiger partial charge in [0.1, 0.15) is 5.76 Å². The summed E-state index contributed by atoms with van der Waals surface area (Å²) in [6.45, 7) is 8.06. The zero-order valence-electron chi connectivity index (χ0n) is 6.93. The number of rotatable bonds is 1. The van der Waals surface area contributed by atoms with Gasteiger partial charge in [-0.1, -0.05) is 13.8 Å². The second-order valence-corrected chi connectivity index (χ2v) is 2.83. The number of nitrogens with zero attached hydrogens (tertiary/aromatic N) is 1. The van der Waals surface area contributed by atoms with Crippen LogP contribution in [0.2, 0.25) is 0 Å². The smallest absolute Gasteiger partial charge is 0.191 e. The third-order valence-electron chi connectivity index (χ3n) is 1.49. The van der Waals surface area contributed by atoms with Crippen molar-refractivity contribution >= 4 is 0 Å². The molecule has 0 unspecified atom stereocenters. The van der Waals surface area contributed by atoms with Crippen LogP contribution in [0, 0.1) is 13.8 Å². The fraction of sp³-hybridized carbons (Fsp3) is 0.625. The van der Waals surface area contributed by atoms with Crippen molar-refractivity contribution in [2.24, 2.45) is 0 Å². The number of aromatic nitrogens is 1.